The highest BCUT2D eigenvalue weighted by Crippen LogP contribution is 2.27. The van der Waals surface area contributed by atoms with Crippen LogP contribution in [0, 0.1) is 5.82 Å². The molecular formula is C19H28FNO3. The standard InChI is InChI=1S/C19H28FNO3/c20-19-7-2-1-4-15(19)12-21(16-5-3-6-16)13-17(22)14-24-18-8-10-23-11-9-18/h1-2,4,7,16-18,22H,3,5-6,8-14H2. The van der Waals surface area contributed by atoms with Crippen LogP contribution in [0.25, 0.3) is 0 Å². The van der Waals surface area contributed by atoms with E-state index in [1.54, 1.807) is 6.07 Å². The van der Waals surface area contributed by atoms with E-state index in [0.717, 1.165) is 38.9 Å². The molecule has 0 spiro atoms. The molecule has 1 aromatic carbocycles. The van der Waals surface area contributed by atoms with Crippen LogP contribution in [0.1, 0.15) is 37.7 Å². The zero-order chi connectivity index (χ0) is 16.8. The van der Waals surface area contributed by atoms with Crippen molar-refractivity contribution >= 4 is 0 Å². The van der Waals surface area contributed by atoms with E-state index in [0.29, 0.717) is 31.3 Å². The maximum atomic E-state index is 13.9. The summed E-state index contributed by atoms with van der Waals surface area (Å²) in [6, 6.07) is 7.35. The van der Waals surface area contributed by atoms with Crippen molar-refractivity contribution in [3.8, 4) is 0 Å². The average molecular weight is 337 g/mol. The Morgan fingerprint density at radius 1 is 1.21 bits per heavy atom. The van der Waals surface area contributed by atoms with Gasteiger partial charge in [0, 0.05) is 37.9 Å². The Kier molecular flexibility index (Phi) is 6.60. The molecular weight excluding hydrogens is 309 g/mol. The van der Waals surface area contributed by atoms with E-state index in [2.05, 4.69) is 4.90 Å². The SMILES string of the molecule is OC(COC1CCOCC1)CN(Cc1ccccc1F)C1CCC1. The first-order valence-corrected chi connectivity index (χ1v) is 9.07. The van der Waals surface area contributed by atoms with E-state index in [1.807, 2.05) is 12.1 Å². The normalized spacial score (nSPS) is 21.0. The molecule has 1 aromatic rings. The minimum Gasteiger partial charge on any atom is -0.389 e. The summed E-state index contributed by atoms with van der Waals surface area (Å²) in [6.07, 6.45) is 4.91. The molecule has 1 unspecified atom stereocenters. The number of aliphatic hydroxyl groups excluding tert-OH is 1. The molecule has 3 rings (SSSR count). The number of halogens is 1. The summed E-state index contributed by atoms with van der Waals surface area (Å²) < 4.78 is 25.1. The van der Waals surface area contributed by atoms with Crippen molar-refractivity contribution in [1.29, 1.82) is 0 Å². The predicted octanol–water partition coefficient (Wildman–Crippen LogP) is 2.74. The average Bonchev–Trinajstić information content (AvgIpc) is 2.54. The molecule has 134 valence electrons. The Bertz CT molecular complexity index is 503. The van der Waals surface area contributed by atoms with Crippen LogP contribution in [0.3, 0.4) is 0 Å². The van der Waals surface area contributed by atoms with Gasteiger partial charge < -0.3 is 14.6 Å². The summed E-state index contributed by atoms with van der Waals surface area (Å²) in [5, 5.41) is 10.4. The molecule has 1 saturated carbocycles. The number of ether oxygens (including phenoxy) is 2. The van der Waals surface area contributed by atoms with Crippen molar-refractivity contribution in [2.75, 3.05) is 26.4 Å². The van der Waals surface area contributed by atoms with Gasteiger partial charge in [-0.2, -0.15) is 0 Å². The van der Waals surface area contributed by atoms with Gasteiger partial charge >= 0.3 is 0 Å². The van der Waals surface area contributed by atoms with Crippen molar-refractivity contribution in [2.24, 2.45) is 0 Å². The van der Waals surface area contributed by atoms with Crippen LogP contribution in [0.5, 0.6) is 0 Å². The van der Waals surface area contributed by atoms with Gasteiger partial charge in [-0.3, -0.25) is 4.90 Å². The summed E-state index contributed by atoms with van der Waals surface area (Å²) in [7, 11) is 0. The topological polar surface area (TPSA) is 41.9 Å². The van der Waals surface area contributed by atoms with Crippen LogP contribution >= 0.6 is 0 Å². The number of nitrogens with zero attached hydrogens (tertiary/aromatic N) is 1. The van der Waals surface area contributed by atoms with E-state index in [1.165, 1.54) is 12.5 Å². The molecule has 4 nitrogen and oxygen atoms in total. The van der Waals surface area contributed by atoms with Gasteiger partial charge in [0.05, 0.1) is 18.8 Å². The first-order chi connectivity index (χ1) is 11.7. The Morgan fingerprint density at radius 2 is 1.96 bits per heavy atom. The van der Waals surface area contributed by atoms with Crippen molar-refractivity contribution in [3.63, 3.8) is 0 Å². The van der Waals surface area contributed by atoms with Gasteiger partial charge in [-0.15, -0.1) is 0 Å². The summed E-state index contributed by atoms with van der Waals surface area (Å²) in [4.78, 5) is 2.21. The third-order valence-electron chi connectivity index (χ3n) is 5.06. The number of benzene rings is 1. The maximum Gasteiger partial charge on any atom is 0.127 e. The van der Waals surface area contributed by atoms with Gasteiger partial charge in [0.2, 0.25) is 0 Å². The lowest BCUT2D eigenvalue weighted by Gasteiger charge is -2.39. The third kappa shape index (κ3) is 4.99. The highest BCUT2D eigenvalue weighted by atomic mass is 19.1. The molecule has 24 heavy (non-hydrogen) atoms. The summed E-state index contributed by atoms with van der Waals surface area (Å²) in [6.45, 7) is 2.89. The van der Waals surface area contributed by atoms with Crippen molar-refractivity contribution in [1.82, 2.24) is 4.90 Å². The number of hydrogen-bond donors (Lipinski definition) is 1. The van der Waals surface area contributed by atoms with Gasteiger partial charge in [0.25, 0.3) is 0 Å². The maximum absolute atomic E-state index is 13.9. The highest BCUT2D eigenvalue weighted by molar-refractivity contribution is 5.17. The minimum atomic E-state index is -0.541. The van der Waals surface area contributed by atoms with Gasteiger partial charge in [-0.05, 0) is 31.7 Å². The molecule has 0 bridgehead atoms. The molecule has 1 N–H and O–H groups in total. The Labute approximate surface area is 143 Å². The van der Waals surface area contributed by atoms with Gasteiger partial charge in [-0.1, -0.05) is 24.6 Å². The zero-order valence-corrected chi connectivity index (χ0v) is 14.2. The molecule has 1 saturated heterocycles. The Hall–Kier alpha value is -1.01. The van der Waals surface area contributed by atoms with Crippen LogP contribution in [0.2, 0.25) is 0 Å². The Balaban J connectivity index is 1.50. The molecule has 0 radical (unpaired) electrons. The van der Waals surface area contributed by atoms with E-state index < -0.39 is 6.10 Å². The van der Waals surface area contributed by atoms with Crippen molar-refractivity contribution in [3.05, 3.63) is 35.6 Å². The second-order valence-corrected chi connectivity index (χ2v) is 6.90. The first-order valence-electron chi connectivity index (χ1n) is 9.07. The van der Waals surface area contributed by atoms with Crippen LogP contribution in [-0.4, -0.2) is 54.6 Å². The second-order valence-electron chi connectivity index (χ2n) is 6.90. The molecule has 2 fully saturated rings. The number of hydrogen-bond acceptors (Lipinski definition) is 4. The second kappa shape index (κ2) is 8.90. The van der Waals surface area contributed by atoms with Crippen molar-refractivity contribution in [2.45, 2.75) is 56.9 Å². The van der Waals surface area contributed by atoms with E-state index in [9.17, 15) is 9.50 Å². The minimum absolute atomic E-state index is 0.172. The summed E-state index contributed by atoms with van der Waals surface area (Å²) in [5.41, 5.74) is 0.696. The van der Waals surface area contributed by atoms with Crippen LogP contribution in [0.15, 0.2) is 24.3 Å². The molecule has 1 aliphatic heterocycles. The molecule has 0 aromatic heterocycles. The van der Waals surface area contributed by atoms with Crippen molar-refractivity contribution < 1.29 is 19.0 Å². The summed E-state index contributed by atoms with van der Waals surface area (Å²) in [5.74, 6) is -0.172. The van der Waals surface area contributed by atoms with Gasteiger partial charge in [-0.25, -0.2) is 4.39 Å². The smallest absolute Gasteiger partial charge is 0.127 e. The lowest BCUT2D eigenvalue weighted by Crippen LogP contribution is -2.45. The first kappa shape index (κ1) is 17.8. The Morgan fingerprint density at radius 3 is 2.62 bits per heavy atom. The molecule has 1 heterocycles. The molecule has 2 aliphatic rings. The molecule has 0 amide bonds. The molecule has 5 heteroatoms. The van der Waals surface area contributed by atoms with Gasteiger partial charge in [0.15, 0.2) is 0 Å². The fourth-order valence-corrected chi connectivity index (χ4v) is 3.35. The number of rotatable bonds is 8. The van der Waals surface area contributed by atoms with Crippen LogP contribution < -0.4 is 0 Å². The third-order valence-corrected chi connectivity index (χ3v) is 5.06. The predicted molar refractivity (Wildman–Crippen MR) is 90.2 cm³/mol. The lowest BCUT2D eigenvalue weighted by molar-refractivity contribution is -0.0686. The van der Waals surface area contributed by atoms with E-state index in [-0.39, 0.29) is 11.9 Å². The van der Waals surface area contributed by atoms with E-state index >= 15 is 0 Å². The largest absolute Gasteiger partial charge is 0.389 e. The van der Waals surface area contributed by atoms with Gasteiger partial charge in [0.1, 0.15) is 5.82 Å². The number of aliphatic hydroxyl groups is 1. The van der Waals surface area contributed by atoms with Crippen LogP contribution in [-0.2, 0) is 16.0 Å². The van der Waals surface area contributed by atoms with Crippen LogP contribution in [0.4, 0.5) is 4.39 Å². The summed E-state index contributed by atoms with van der Waals surface area (Å²) >= 11 is 0. The molecule has 1 atom stereocenters. The molecule has 1 aliphatic carbocycles. The lowest BCUT2D eigenvalue weighted by atomic mass is 9.91. The fraction of sp³-hybridized carbons (Fsp3) is 0.684. The highest BCUT2D eigenvalue weighted by Gasteiger charge is 2.27. The fourth-order valence-electron chi connectivity index (χ4n) is 3.35. The zero-order valence-electron chi connectivity index (χ0n) is 14.2. The van der Waals surface area contributed by atoms with E-state index in [4.69, 9.17) is 9.47 Å². The quantitative estimate of drug-likeness (QED) is 0.792. The monoisotopic (exact) mass is 337 g/mol.